The minimum Gasteiger partial charge on any atom is -0.468 e. The number of furan rings is 1. The van der Waals surface area contributed by atoms with E-state index in [9.17, 15) is 4.79 Å². The molecule has 0 spiro atoms. The van der Waals surface area contributed by atoms with E-state index in [0.29, 0.717) is 6.61 Å². The number of amides is 1. The number of aromatic nitrogens is 3. The van der Waals surface area contributed by atoms with Crippen molar-refractivity contribution in [3.63, 3.8) is 0 Å². The molecule has 1 atom stereocenters. The largest absolute Gasteiger partial charge is 0.468 e. The number of likely N-dealkylation sites (N-methyl/N-ethyl adjacent to an activating group) is 1. The first kappa shape index (κ1) is 16.7. The fourth-order valence-electron chi connectivity index (χ4n) is 2.99. The minimum absolute atomic E-state index is 0.0402. The molecule has 24 heavy (non-hydrogen) atoms. The van der Waals surface area contributed by atoms with Crippen molar-refractivity contribution in [1.29, 1.82) is 0 Å². The Kier molecular flexibility index (Phi) is 4.96. The number of fused-ring (bicyclic) bond motifs is 1. The minimum atomic E-state index is -0.0402. The second-order valence-electron chi connectivity index (χ2n) is 6.29. The molecule has 0 radical (unpaired) electrons. The van der Waals surface area contributed by atoms with Crippen molar-refractivity contribution >= 4 is 5.91 Å². The molecule has 3 rings (SSSR count). The van der Waals surface area contributed by atoms with Gasteiger partial charge in [0.25, 0.3) is 0 Å². The van der Waals surface area contributed by atoms with Crippen LogP contribution in [0.5, 0.6) is 0 Å². The number of carbonyl (C=O) groups excluding carboxylic acids is 1. The van der Waals surface area contributed by atoms with Crippen LogP contribution in [0.1, 0.15) is 23.1 Å². The SMILES string of the molecule is CN(C)C(=O)COC[C@H]1CN(Cc2ccco2)Cc2nnn(C)c21. The summed E-state index contributed by atoms with van der Waals surface area (Å²) in [6, 6.07) is 3.86. The Hall–Kier alpha value is -2.19. The zero-order valence-corrected chi connectivity index (χ0v) is 14.3. The lowest BCUT2D eigenvalue weighted by Crippen LogP contribution is -2.36. The van der Waals surface area contributed by atoms with Crippen molar-refractivity contribution in [3.05, 3.63) is 35.5 Å². The van der Waals surface area contributed by atoms with E-state index in [4.69, 9.17) is 9.15 Å². The van der Waals surface area contributed by atoms with Crippen LogP contribution in [0.2, 0.25) is 0 Å². The molecule has 1 amide bonds. The van der Waals surface area contributed by atoms with E-state index in [1.807, 2.05) is 19.2 Å². The molecule has 3 heterocycles. The third-order valence-corrected chi connectivity index (χ3v) is 4.19. The van der Waals surface area contributed by atoms with Crippen molar-refractivity contribution < 1.29 is 13.9 Å². The second-order valence-corrected chi connectivity index (χ2v) is 6.29. The van der Waals surface area contributed by atoms with E-state index >= 15 is 0 Å². The van der Waals surface area contributed by atoms with Gasteiger partial charge >= 0.3 is 0 Å². The quantitative estimate of drug-likeness (QED) is 0.771. The van der Waals surface area contributed by atoms with Crippen LogP contribution in [0, 0.1) is 0 Å². The van der Waals surface area contributed by atoms with E-state index in [1.54, 1.807) is 25.0 Å². The molecule has 0 unspecified atom stereocenters. The van der Waals surface area contributed by atoms with Gasteiger partial charge in [0, 0.05) is 40.2 Å². The summed E-state index contributed by atoms with van der Waals surface area (Å²) in [5.41, 5.74) is 2.05. The highest BCUT2D eigenvalue weighted by Crippen LogP contribution is 2.27. The van der Waals surface area contributed by atoms with Gasteiger partial charge in [-0.3, -0.25) is 14.4 Å². The van der Waals surface area contributed by atoms with E-state index in [1.165, 1.54) is 4.90 Å². The number of carbonyl (C=O) groups is 1. The lowest BCUT2D eigenvalue weighted by molar-refractivity contribution is -0.133. The van der Waals surface area contributed by atoms with Gasteiger partial charge in [-0.2, -0.15) is 0 Å². The van der Waals surface area contributed by atoms with Gasteiger partial charge in [0.1, 0.15) is 18.1 Å². The van der Waals surface area contributed by atoms with E-state index < -0.39 is 0 Å². The summed E-state index contributed by atoms with van der Waals surface area (Å²) in [7, 11) is 5.34. The maximum absolute atomic E-state index is 11.7. The van der Waals surface area contributed by atoms with Crippen molar-refractivity contribution in [3.8, 4) is 0 Å². The average Bonchev–Trinajstić information content (AvgIpc) is 3.17. The molecule has 8 nitrogen and oxygen atoms in total. The normalized spacial score (nSPS) is 17.7. The molecule has 1 aliphatic heterocycles. The molecular formula is C16H23N5O3. The van der Waals surface area contributed by atoms with Gasteiger partial charge < -0.3 is 14.1 Å². The molecule has 0 saturated heterocycles. The summed E-state index contributed by atoms with van der Waals surface area (Å²) in [6.07, 6.45) is 1.68. The lowest BCUT2D eigenvalue weighted by Gasteiger charge is -2.31. The van der Waals surface area contributed by atoms with Gasteiger partial charge in [-0.25, -0.2) is 0 Å². The molecule has 0 aliphatic carbocycles. The van der Waals surface area contributed by atoms with Crippen molar-refractivity contribution in [2.24, 2.45) is 7.05 Å². The molecule has 2 aromatic heterocycles. The molecule has 0 bridgehead atoms. The average molecular weight is 333 g/mol. The molecule has 1 aliphatic rings. The molecule has 0 N–H and O–H groups in total. The summed E-state index contributed by atoms with van der Waals surface area (Å²) in [5.74, 6) is 1.00. The summed E-state index contributed by atoms with van der Waals surface area (Å²) >= 11 is 0. The Labute approximate surface area is 141 Å². The summed E-state index contributed by atoms with van der Waals surface area (Å²) in [6.45, 7) is 2.81. The van der Waals surface area contributed by atoms with E-state index in [-0.39, 0.29) is 18.4 Å². The van der Waals surface area contributed by atoms with Crippen LogP contribution in [0.3, 0.4) is 0 Å². The number of aryl methyl sites for hydroxylation is 1. The molecule has 8 heteroatoms. The van der Waals surface area contributed by atoms with Crippen LogP contribution < -0.4 is 0 Å². The van der Waals surface area contributed by atoms with Gasteiger partial charge in [0.15, 0.2) is 0 Å². The first-order valence-corrected chi connectivity index (χ1v) is 7.95. The maximum Gasteiger partial charge on any atom is 0.248 e. The first-order chi connectivity index (χ1) is 11.5. The molecule has 0 saturated carbocycles. The van der Waals surface area contributed by atoms with Gasteiger partial charge in [-0.05, 0) is 12.1 Å². The smallest absolute Gasteiger partial charge is 0.248 e. The Balaban J connectivity index is 1.66. The summed E-state index contributed by atoms with van der Waals surface area (Å²) in [5, 5.41) is 8.40. The monoisotopic (exact) mass is 333 g/mol. The standard InChI is InChI=1S/C16H23N5O3/c1-19(2)15(22)11-23-10-12-7-21(8-13-5-4-6-24-13)9-14-16(12)20(3)18-17-14/h4-6,12H,7-11H2,1-3H3/t12-/m1/s1. The number of nitrogens with zero attached hydrogens (tertiary/aromatic N) is 5. The third-order valence-electron chi connectivity index (χ3n) is 4.19. The zero-order chi connectivity index (χ0) is 17.1. The molecular weight excluding hydrogens is 310 g/mol. The van der Waals surface area contributed by atoms with Crippen LogP contribution in [-0.2, 0) is 29.7 Å². The molecule has 0 aromatic carbocycles. The number of rotatable bonds is 6. The van der Waals surface area contributed by atoms with Crippen LogP contribution in [0.15, 0.2) is 22.8 Å². The highest BCUT2D eigenvalue weighted by Gasteiger charge is 2.30. The lowest BCUT2D eigenvalue weighted by atomic mass is 9.99. The van der Waals surface area contributed by atoms with Crippen LogP contribution >= 0.6 is 0 Å². The first-order valence-electron chi connectivity index (χ1n) is 7.95. The Bertz CT molecular complexity index is 680. The highest BCUT2D eigenvalue weighted by molar-refractivity contribution is 5.76. The van der Waals surface area contributed by atoms with Gasteiger partial charge in [-0.15, -0.1) is 5.10 Å². The van der Waals surface area contributed by atoms with E-state index in [2.05, 4.69) is 15.2 Å². The summed E-state index contributed by atoms with van der Waals surface area (Å²) < 4.78 is 12.9. The van der Waals surface area contributed by atoms with Gasteiger partial charge in [0.2, 0.25) is 5.91 Å². The van der Waals surface area contributed by atoms with Gasteiger partial charge in [0.05, 0.1) is 25.1 Å². The number of hydrogen-bond donors (Lipinski definition) is 0. The topological polar surface area (TPSA) is 76.6 Å². The van der Waals surface area contributed by atoms with Crippen LogP contribution in [0.4, 0.5) is 0 Å². The van der Waals surface area contributed by atoms with Gasteiger partial charge in [-0.1, -0.05) is 5.21 Å². The Morgan fingerprint density at radius 3 is 3.04 bits per heavy atom. The maximum atomic E-state index is 11.7. The molecule has 2 aromatic rings. The fraction of sp³-hybridized carbons (Fsp3) is 0.562. The fourth-order valence-corrected chi connectivity index (χ4v) is 2.99. The Morgan fingerprint density at radius 1 is 1.50 bits per heavy atom. The highest BCUT2D eigenvalue weighted by atomic mass is 16.5. The zero-order valence-electron chi connectivity index (χ0n) is 14.3. The number of hydrogen-bond acceptors (Lipinski definition) is 6. The Morgan fingerprint density at radius 2 is 2.33 bits per heavy atom. The van der Waals surface area contributed by atoms with Crippen molar-refractivity contribution in [2.75, 3.05) is 33.9 Å². The van der Waals surface area contributed by atoms with E-state index in [0.717, 1.165) is 36.8 Å². The van der Waals surface area contributed by atoms with Crippen LogP contribution in [0.25, 0.3) is 0 Å². The summed E-state index contributed by atoms with van der Waals surface area (Å²) in [4.78, 5) is 15.5. The predicted molar refractivity (Wildman–Crippen MR) is 86.1 cm³/mol. The second kappa shape index (κ2) is 7.14. The third kappa shape index (κ3) is 3.65. The molecule has 0 fully saturated rings. The van der Waals surface area contributed by atoms with Crippen LogP contribution in [-0.4, -0.2) is 64.6 Å². The number of ether oxygens (including phenoxy) is 1. The van der Waals surface area contributed by atoms with Crippen molar-refractivity contribution in [1.82, 2.24) is 24.8 Å². The molecule has 130 valence electrons. The van der Waals surface area contributed by atoms with Crippen molar-refractivity contribution in [2.45, 2.75) is 19.0 Å². The predicted octanol–water partition coefficient (Wildman–Crippen LogP) is 0.612.